The largest absolute Gasteiger partial charge is 0.504 e. The lowest BCUT2D eigenvalue weighted by molar-refractivity contribution is -0.132. The van der Waals surface area contributed by atoms with Gasteiger partial charge in [0.1, 0.15) is 17.2 Å². The van der Waals surface area contributed by atoms with E-state index in [-0.39, 0.29) is 5.75 Å². The summed E-state index contributed by atoms with van der Waals surface area (Å²) < 4.78 is 17.1. The van der Waals surface area contributed by atoms with E-state index >= 15 is 0 Å². The average molecular weight is 355 g/mol. The number of benzene rings is 2. The molecule has 7 heteroatoms. The van der Waals surface area contributed by atoms with Crippen LogP contribution in [0.2, 0.25) is 0 Å². The van der Waals surface area contributed by atoms with E-state index in [1.807, 2.05) is 0 Å². The Labute approximate surface area is 149 Å². The lowest BCUT2D eigenvalue weighted by Crippen LogP contribution is -2.21. The van der Waals surface area contributed by atoms with Gasteiger partial charge in [0.25, 0.3) is 5.56 Å². The Bertz CT molecular complexity index is 1050. The van der Waals surface area contributed by atoms with Crippen LogP contribution in [0.25, 0.3) is 10.9 Å². The van der Waals surface area contributed by atoms with Gasteiger partial charge in [0, 0.05) is 31.5 Å². The van der Waals surface area contributed by atoms with Crippen molar-refractivity contribution in [3.8, 4) is 28.7 Å². The van der Waals surface area contributed by atoms with Crippen LogP contribution < -0.4 is 19.8 Å². The van der Waals surface area contributed by atoms with Crippen LogP contribution in [0, 0.1) is 0 Å². The maximum atomic E-state index is 12.4. The molecule has 3 rings (SSSR count). The van der Waals surface area contributed by atoms with Crippen LogP contribution in [0.4, 0.5) is 0 Å². The number of carbonyl (C=O) groups is 1. The fourth-order valence-electron chi connectivity index (χ4n) is 2.57. The molecule has 0 amide bonds. The standard InChI is InChI=1S/C19H17NO6/c1-11(21)25-18-17(22)15-8-7-14(10-16(15)20(2)19(18)23)26-13-6-4-5-12(9-13)24-3/h4-10,22H,1-3H3. The first kappa shape index (κ1) is 17.3. The molecule has 0 spiro atoms. The van der Waals surface area contributed by atoms with Crippen LogP contribution in [0.15, 0.2) is 47.3 Å². The minimum Gasteiger partial charge on any atom is -0.504 e. The van der Waals surface area contributed by atoms with Crippen molar-refractivity contribution in [1.29, 1.82) is 0 Å². The number of methoxy groups -OCH3 is 1. The van der Waals surface area contributed by atoms with Crippen molar-refractivity contribution in [2.75, 3.05) is 7.11 Å². The van der Waals surface area contributed by atoms with Crippen LogP contribution in [0.5, 0.6) is 28.7 Å². The molecular weight excluding hydrogens is 338 g/mol. The van der Waals surface area contributed by atoms with Gasteiger partial charge in [0.05, 0.1) is 12.6 Å². The summed E-state index contributed by atoms with van der Waals surface area (Å²) in [5.74, 6) is 0.226. The van der Waals surface area contributed by atoms with Crippen LogP contribution >= 0.6 is 0 Å². The molecular formula is C19H17NO6. The summed E-state index contributed by atoms with van der Waals surface area (Å²) in [4.78, 5) is 23.5. The van der Waals surface area contributed by atoms with Crippen molar-refractivity contribution < 1.29 is 24.1 Å². The maximum absolute atomic E-state index is 12.4. The van der Waals surface area contributed by atoms with Crippen molar-refractivity contribution in [2.45, 2.75) is 6.92 Å². The van der Waals surface area contributed by atoms with E-state index in [0.717, 1.165) is 6.92 Å². The van der Waals surface area contributed by atoms with Gasteiger partial charge in [-0.15, -0.1) is 0 Å². The number of aromatic nitrogens is 1. The Kier molecular flexibility index (Phi) is 4.53. The first-order valence-corrected chi connectivity index (χ1v) is 7.76. The lowest BCUT2D eigenvalue weighted by Gasteiger charge is -2.13. The highest BCUT2D eigenvalue weighted by molar-refractivity contribution is 5.89. The van der Waals surface area contributed by atoms with Crippen molar-refractivity contribution in [2.24, 2.45) is 7.05 Å². The van der Waals surface area contributed by atoms with E-state index in [1.165, 1.54) is 11.6 Å². The molecule has 0 bridgehead atoms. The van der Waals surface area contributed by atoms with Crippen molar-refractivity contribution in [1.82, 2.24) is 4.57 Å². The summed E-state index contributed by atoms with van der Waals surface area (Å²) in [6, 6.07) is 11.9. The average Bonchev–Trinajstić information content (AvgIpc) is 2.63. The minimum atomic E-state index is -0.685. The van der Waals surface area contributed by atoms with E-state index in [1.54, 1.807) is 49.6 Å². The molecule has 0 fully saturated rings. The topological polar surface area (TPSA) is 87.0 Å². The minimum absolute atomic E-state index is 0.362. The van der Waals surface area contributed by atoms with E-state index in [2.05, 4.69) is 0 Å². The fourth-order valence-corrected chi connectivity index (χ4v) is 2.57. The maximum Gasteiger partial charge on any atom is 0.308 e. The Morgan fingerprint density at radius 3 is 2.46 bits per heavy atom. The third kappa shape index (κ3) is 3.19. The Morgan fingerprint density at radius 2 is 1.77 bits per heavy atom. The Balaban J connectivity index is 2.07. The predicted molar refractivity (Wildman–Crippen MR) is 95.2 cm³/mol. The quantitative estimate of drug-likeness (QED) is 0.724. The number of carbonyl (C=O) groups excluding carboxylic acids is 1. The van der Waals surface area contributed by atoms with Crippen molar-refractivity contribution in [3.63, 3.8) is 0 Å². The molecule has 3 aromatic rings. The van der Waals surface area contributed by atoms with Gasteiger partial charge < -0.3 is 23.9 Å². The lowest BCUT2D eigenvalue weighted by atomic mass is 10.1. The molecule has 0 saturated carbocycles. The molecule has 7 nitrogen and oxygen atoms in total. The molecule has 0 saturated heterocycles. The Hall–Kier alpha value is -3.48. The summed E-state index contributed by atoms with van der Waals surface area (Å²) in [6.07, 6.45) is 0. The molecule has 2 aromatic carbocycles. The zero-order valence-electron chi connectivity index (χ0n) is 14.5. The number of ether oxygens (including phenoxy) is 3. The summed E-state index contributed by atoms with van der Waals surface area (Å²) in [6.45, 7) is 1.16. The van der Waals surface area contributed by atoms with Gasteiger partial charge in [-0.25, -0.2) is 0 Å². The molecule has 1 N–H and O–H groups in total. The predicted octanol–water partition coefficient (Wildman–Crippen LogP) is 2.97. The SMILES string of the molecule is COc1cccc(Oc2ccc3c(O)c(OC(C)=O)c(=O)n(C)c3c2)c1. The molecule has 0 aliphatic heterocycles. The number of rotatable bonds is 4. The summed E-state index contributed by atoms with van der Waals surface area (Å²) >= 11 is 0. The van der Waals surface area contributed by atoms with Crippen molar-refractivity contribution >= 4 is 16.9 Å². The second-order valence-corrected chi connectivity index (χ2v) is 5.60. The van der Waals surface area contributed by atoms with Gasteiger partial charge in [-0.3, -0.25) is 9.59 Å². The van der Waals surface area contributed by atoms with E-state index < -0.39 is 17.3 Å². The zero-order valence-corrected chi connectivity index (χ0v) is 14.5. The number of pyridine rings is 1. The van der Waals surface area contributed by atoms with E-state index in [4.69, 9.17) is 14.2 Å². The first-order chi connectivity index (χ1) is 12.4. The molecule has 1 aromatic heterocycles. The number of hydrogen-bond donors (Lipinski definition) is 1. The highest BCUT2D eigenvalue weighted by Gasteiger charge is 2.18. The summed E-state index contributed by atoms with van der Waals surface area (Å²) in [7, 11) is 3.08. The van der Waals surface area contributed by atoms with Crippen LogP contribution in [-0.4, -0.2) is 22.8 Å². The second kappa shape index (κ2) is 6.79. The number of nitrogens with zero attached hydrogens (tertiary/aromatic N) is 1. The highest BCUT2D eigenvalue weighted by Crippen LogP contribution is 2.34. The van der Waals surface area contributed by atoms with Crippen molar-refractivity contribution in [3.05, 3.63) is 52.8 Å². The van der Waals surface area contributed by atoms with Gasteiger partial charge in [-0.1, -0.05) is 6.07 Å². The second-order valence-electron chi connectivity index (χ2n) is 5.60. The van der Waals surface area contributed by atoms with Gasteiger partial charge >= 0.3 is 5.97 Å². The first-order valence-electron chi connectivity index (χ1n) is 7.76. The third-order valence-electron chi connectivity index (χ3n) is 3.82. The number of fused-ring (bicyclic) bond motifs is 1. The zero-order chi connectivity index (χ0) is 18.8. The Morgan fingerprint density at radius 1 is 1.08 bits per heavy atom. The third-order valence-corrected chi connectivity index (χ3v) is 3.82. The normalized spacial score (nSPS) is 10.6. The molecule has 0 aliphatic rings. The number of hydrogen-bond acceptors (Lipinski definition) is 6. The number of esters is 1. The van der Waals surface area contributed by atoms with Crippen LogP contribution in [0.1, 0.15) is 6.92 Å². The molecule has 26 heavy (non-hydrogen) atoms. The monoisotopic (exact) mass is 355 g/mol. The van der Waals surface area contributed by atoms with Gasteiger partial charge in [0.15, 0.2) is 5.75 Å². The number of aromatic hydroxyl groups is 1. The van der Waals surface area contributed by atoms with Gasteiger partial charge in [-0.05, 0) is 24.3 Å². The van der Waals surface area contributed by atoms with Gasteiger partial charge in [-0.2, -0.15) is 0 Å². The van der Waals surface area contributed by atoms with E-state index in [0.29, 0.717) is 28.2 Å². The molecule has 0 unspecified atom stereocenters. The summed E-state index contributed by atoms with van der Waals surface area (Å²) in [5, 5.41) is 10.7. The molecule has 134 valence electrons. The highest BCUT2D eigenvalue weighted by atomic mass is 16.5. The van der Waals surface area contributed by atoms with Crippen LogP contribution in [0.3, 0.4) is 0 Å². The van der Waals surface area contributed by atoms with E-state index in [9.17, 15) is 14.7 Å². The fraction of sp³-hybridized carbons (Fsp3) is 0.158. The number of aryl methyl sites for hydroxylation is 1. The molecule has 0 radical (unpaired) electrons. The van der Waals surface area contributed by atoms with Crippen LogP contribution in [-0.2, 0) is 11.8 Å². The summed E-state index contributed by atoms with van der Waals surface area (Å²) in [5.41, 5.74) is -0.187. The van der Waals surface area contributed by atoms with Gasteiger partial charge in [0.2, 0.25) is 5.75 Å². The molecule has 1 heterocycles. The molecule has 0 atom stereocenters. The molecule has 0 aliphatic carbocycles. The smallest absolute Gasteiger partial charge is 0.308 e.